The van der Waals surface area contributed by atoms with E-state index in [-0.39, 0.29) is 6.10 Å². The van der Waals surface area contributed by atoms with Crippen LogP contribution in [0.3, 0.4) is 0 Å². The van der Waals surface area contributed by atoms with E-state index in [0.717, 1.165) is 20.7 Å². The van der Waals surface area contributed by atoms with Gasteiger partial charge in [-0.05, 0) is 54.2 Å². The Hall–Kier alpha value is -2.59. The van der Waals surface area contributed by atoms with Gasteiger partial charge in [-0.3, -0.25) is 0 Å². The molecule has 0 aliphatic heterocycles. The Morgan fingerprint density at radius 1 is 0.444 bits per heavy atom. The maximum Gasteiger partial charge on any atom is 0.398 e. The number of rotatable bonds is 10. The molecule has 0 atom stereocenters. The van der Waals surface area contributed by atoms with Gasteiger partial charge in [0.2, 0.25) is 0 Å². The minimum Gasteiger partial charge on any atom is -0.430 e. The van der Waals surface area contributed by atoms with E-state index in [1.807, 2.05) is 24.3 Å². The molecular formula is C30H36O3Si3. The Morgan fingerprint density at radius 3 is 1.03 bits per heavy atom. The first-order valence-electron chi connectivity index (χ1n) is 12.6. The molecular weight excluding hydrogens is 493 g/mol. The van der Waals surface area contributed by atoms with E-state index in [0.29, 0.717) is 0 Å². The van der Waals surface area contributed by atoms with Gasteiger partial charge in [0.1, 0.15) is 0 Å². The first-order chi connectivity index (χ1) is 17.3. The van der Waals surface area contributed by atoms with Crippen LogP contribution in [0.2, 0.25) is 19.6 Å². The molecule has 0 bridgehead atoms. The summed E-state index contributed by atoms with van der Waals surface area (Å²) >= 11 is 0. The van der Waals surface area contributed by atoms with Crippen molar-refractivity contribution >= 4 is 46.2 Å². The topological polar surface area (TPSA) is 27.7 Å². The average molecular weight is 529 g/mol. The predicted molar refractivity (Wildman–Crippen MR) is 158 cm³/mol. The van der Waals surface area contributed by atoms with Crippen LogP contribution in [0.4, 0.5) is 0 Å². The molecule has 0 spiro atoms. The third-order valence-electron chi connectivity index (χ3n) is 5.75. The molecule has 0 radical (unpaired) electrons. The van der Waals surface area contributed by atoms with Crippen molar-refractivity contribution in [2.45, 2.75) is 39.6 Å². The molecule has 0 aliphatic carbocycles. The van der Waals surface area contributed by atoms with Crippen LogP contribution in [0.1, 0.15) is 13.8 Å². The summed E-state index contributed by atoms with van der Waals surface area (Å²) in [6.07, 6.45) is -0.0396. The van der Waals surface area contributed by atoms with Crippen LogP contribution in [-0.2, 0) is 12.7 Å². The van der Waals surface area contributed by atoms with Crippen LogP contribution >= 0.6 is 0 Å². The summed E-state index contributed by atoms with van der Waals surface area (Å²) in [6, 6.07) is 42.0. The lowest BCUT2D eigenvalue weighted by molar-refractivity contribution is 0.190. The van der Waals surface area contributed by atoms with Crippen molar-refractivity contribution in [3.8, 4) is 0 Å². The van der Waals surface area contributed by atoms with E-state index < -0.39 is 25.4 Å². The molecule has 4 rings (SSSR count). The fourth-order valence-electron chi connectivity index (χ4n) is 4.46. The zero-order chi connectivity index (χ0) is 25.7. The number of benzene rings is 4. The highest BCUT2D eigenvalue weighted by molar-refractivity contribution is 7.06. The summed E-state index contributed by atoms with van der Waals surface area (Å²) < 4.78 is 22.0. The molecule has 0 saturated heterocycles. The predicted octanol–water partition coefficient (Wildman–Crippen LogP) is 4.79. The van der Waals surface area contributed by atoms with E-state index >= 15 is 0 Å². The Bertz CT molecular complexity index is 1130. The Morgan fingerprint density at radius 2 is 0.750 bits per heavy atom. The standard InChI is InChI=1S/C30H36O3Si3/c1-26(2)31-35(27-18-10-6-11-19-27,28-20-12-7-13-21-28)33-36(32-34(3,4)5,29-22-14-8-15-23-29)30-24-16-9-17-25-30/h6-26H,1-5H3. The highest BCUT2D eigenvalue weighted by Gasteiger charge is 2.56. The van der Waals surface area contributed by atoms with Crippen molar-refractivity contribution in [3.63, 3.8) is 0 Å². The van der Waals surface area contributed by atoms with E-state index in [1.54, 1.807) is 0 Å². The van der Waals surface area contributed by atoms with Gasteiger partial charge >= 0.3 is 17.1 Å². The Kier molecular flexibility index (Phi) is 8.24. The molecule has 36 heavy (non-hydrogen) atoms. The van der Waals surface area contributed by atoms with E-state index in [2.05, 4.69) is 131 Å². The summed E-state index contributed by atoms with van der Waals surface area (Å²) in [6.45, 7) is 10.9. The van der Waals surface area contributed by atoms with E-state index in [4.69, 9.17) is 12.7 Å². The van der Waals surface area contributed by atoms with Gasteiger partial charge in [-0.25, -0.2) is 0 Å². The van der Waals surface area contributed by atoms with Crippen molar-refractivity contribution < 1.29 is 12.7 Å². The molecule has 0 aliphatic rings. The Labute approximate surface area is 219 Å². The first kappa shape index (κ1) is 26.5. The van der Waals surface area contributed by atoms with Gasteiger partial charge in [-0.15, -0.1) is 0 Å². The summed E-state index contributed by atoms with van der Waals surface area (Å²) in [5.41, 5.74) is 0. The van der Waals surface area contributed by atoms with Crippen molar-refractivity contribution in [3.05, 3.63) is 121 Å². The second-order valence-electron chi connectivity index (χ2n) is 10.2. The zero-order valence-electron chi connectivity index (χ0n) is 21.8. The quantitative estimate of drug-likeness (QED) is 0.277. The lowest BCUT2D eigenvalue weighted by Crippen LogP contribution is -2.77. The van der Waals surface area contributed by atoms with Crippen molar-refractivity contribution in [2.24, 2.45) is 0 Å². The van der Waals surface area contributed by atoms with Crippen molar-refractivity contribution in [1.82, 2.24) is 0 Å². The summed E-state index contributed by atoms with van der Waals surface area (Å²) in [4.78, 5) is 0. The van der Waals surface area contributed by atoms with Crippen molar-refractivity contribution in [2.75, 3.05) is 0 Å². The van der Waals surface area contributed by atoms with Crippen LogP contribution < -0.4 is 20.7 Å². The molecule has 0 amide bonds. The van der Waals surface area contributed by atoms with Crippen LogP contribution in [0, 0.1) is 0 Å². The van der Waals surface area contributed by atoms with Gasteiger partial charge in [0.05, 0.1) is 0 Å². The van der Waals surface area contributed by atoms with Crippen LogP contribution in [-0.4, -0.2) is 31.5 Å². The molecule has 0 heterocycles. The van der Waals surface area contributed by atoms with Gasteiger partial charge < -0.3 is 12.7 Å². The molecule has 0 unspecified atom stereocenters. The van der Waals surface area contributed by atoms with Gasteiger partial charge in [0, 0.05) is 6.10 Å². The fraction of sp³-hybridized carbons (Fsp3) is 0.200. The molecule has 0 aromatic heterocycles. The summed E-state index contributed by atoms with van der Waals surface area (Å²) in [7, 11) is -8.60. The second kappa shape index (κ2) is 11.2. The molecule has 6 heteroatoms. The highest BCUT2D eigenvalue weighted by Crippen LogP contribution is 2.24. The normalized spacial score (nSPS) is 12.6. The lowest BCUT2D eigenvalue weighted by Gasteiger charge is -2.44. The SMILES string of the molecule is CC(C)O[Si](O[Si](O[Si](C)(C)C)(c1ccccc1)c1ccccc1)(c1ccccc1)c1ccccc1. The Balaban J connectivity index is 2.07. The molecule has 4 aromatic rings. The molecule has 0 fully saturated rings. The average Bonchev–Trinajstić information content (AvgIpc) is 2.89. The third-order valence-corrected chi connectivity index (χ3v) is 16.8. The number of hydrogen-bond donors (Lipinski definition) is 0. The third kappa shape index (κ3) is 5.86. The smallest absolute Gasteiger partial charge is 0.398 e. The van der Waals surface area contributed by atoms with Crippen LogP contribution in [0.25, 0.3) is 0 Å². The van der Waals surface area contributed by atoms with Gasteiger partial charge in [0.15, 0.2) is 8.32 Å². The monoisotopic (exact) mass is 528 g/mol. The summed E-state index contributed by atoms with van der Waals surface area (Å²) in [5.74, 6) is 0. The van der Waals surface area contributed by atoms with Gasteiger partial charge in [-0.2, -0.15) is 0 Å². The van der Waals surface area contributed by atoms with Gasteiger partial charge in [-0.1, -0.05) is 121 Å². The minimum absolute atomic E-state index is 0.0396. The maximum absolute atomic E-state index is 7.73. The highest BCUT2D eigenvalue weighted by atomic mass is 28.5. The second-order valence-corrected chi connectivity index (χ2v) is 21.0. The molecule has 0 saturated carbocycles. The molecule has 186 valence electrons. The number of hydrogen-bond acceptors (Lipinski definition) is 3. The molecule has 4 aromatic carbocycles. The zero-order valence-corrected chi connectivity index (χ0v) is 24.8. The maximum atomic E-state index is 7.73. The largest absolute Gasteiger partial charge is 0.430 e. The lowest BCUT2D eigenvalue weighted by atomic mass is 10.4. The molecule has 0 N–H and O–H groups in total. The fourth-order valence-corrected chi connectivity index (χ4v) is 17.2. The summed E-state index contributed by atoms with van der Waals surface area (Å²) in [5, 5.41) is 4.34. The van der Waals surface area contributed by atoms with Crippen molar-refractivity contribution in [1.29, 1.82) is 0 Å². The first-order valence-corrected chi connectivity index (χ1v) is 19.6. The van der Waals surface area contributed by atoms with Crippen LogP contribution in [0.5, 0.6) is 0 Å². The molecule has 3 nitrogen and oxygen atoms in total. The van der Waals surface area contributed by atoms with Gasteiger partial charge in [0.25, 0.3) is 0 Å². The minimum atomic E-state index is -3.25. The van der Waals surface area contributed by atoms with E-state index in [9.17, 15) is 0 Å². The van der Waals surface area contributed by atoms with E-state index in [1.165, 1.54) is 0 Å². The van der Waals surface area contributed by atoms with Crippen LogP contribution in [0.15, 0.2) is 121 Å².